The van der Waals surface area contributed by atoms with Gasteiger partial charge < -0.3 is 5.11 Å². The van der Waals surface area contributed by atoms with Crippen LogP contribution in [0.15, 0.2) is 12.1 Å². The second kappa shape index (κ2) is 3.43. The Hall–Kier alpha value is -0.340. The maximum atomic E-state index is 9.99. The van der Waals surface area contributed by atoms with Crippen LogP contribution < -0.4 is 0 Å². The van der Waals surface area contributed by atoms with Crippen LogP contribution >= 0.6 is 11.3 Å². The summed E-state index contributed by atoms with van der Waals surface area (Å²) in [5, 5.41) is 9.99. The summed E-state index contributed by atoms with van der Waals surface area (Å²) in [4.78, 5) is 2.45. The quantitative estimate of drug-likeness (QED) is 0.787. The summed E-state index contributed by atoms with van der Waals surface area (Å²) in [6.07, 6.45) is 2.24. The number of hydrogen-bond acceptors (Lipinski definition) is 2. The zero-order chi connectivity index (χ0) is 9.42. The molecule has 1 aromatic rings. The molecule has 1 nitrogen and oxygen atoms in total. The lowest BCUT2D eigenvalue weighted by molar-refractivity contribution is 0.150. The highest BCUT2D eigenvalue weighted by molar-refractivity contribution is 7.12. The van der Waals surface area contributed by atoms with Gasteiger partial charge in [-0.1, -0.05) is 13.3 Å². The normalized spacial score (nSPS) is 28.8. The largest absolute Gasteiger partial charge is 0.387 e. The fourth-order valence-electron chi connectivity index (χ4n) is 1.95. The van der Waals surface area contributed by atoms with Gasteiger partial charge in [-0.3, -0.25) is 0 Å². The molecule has 1 fully saturated rings. The van der Waals surface area contributed by atoms with Crippen LogP contribution in [0.25, 0.3) is 0 Å². The molecule has 0 radical (unpaired) electrons. The first-order valence-electron chi connectivity index (χ1n) is 4.96. The van der Waals surface area contributed by atoms with Crippen molar-refractivity contribution < 1.29 is 5.11 Å². The van der Waals surface area contributed by atoms with Crippen molar-refractivity contribution in [1.29, 1.82) is 0 Å². The predicted molar refractivity (Wildman–Crippen MR) is 55.9 cm³/mol. The van der Waals surface area contributed by atoms with E-state index in [4.69, 9.17) is 0 Å². The number of aliphatic hydroxyl groups excluding tert-OH is 1. The van der Waals surface area contributed by atoms with Gasteiger partial charge in [0.1, 0.15) is 0 Å². The molecule has 2 heteroatoms. The molecular weight excluding hydrogens is 180 g/mol. The SMILES string of the molecule is CCC1CC1C(O)c1ccc(C)s1. The fraction of sp³-hybridized carbons (Fsp3) is 0.636. The van der Waals surface area contributed by atoms with Crippen molar-refractivity contribution in [2.24, 2.45) is 11.8 Å². The van der Waals surface area contributed by atoms with Crippen molar-refractivity contribution >= 4 is 11.3 Å². The van der Waals surface area contributed by atoms with Gasteiger partial charge in [0.05, 0.1) is 6.10 Å². The second-order valence-electron chi connectivity index (χ2n) is 3.96. The maximum Gasteiger partial charge on any atom is 0.0912 e. The standard InChI is InChI=1S/C11H16OS/c1-3-8-6-9(8)11(12)10-5-4-7(2)13-10/h4-5,8-9,11-12H,3,6H2,1-2H3. The Bertz CT molecular complexity index is 292. The minimum Gasteiger partial charge on any atom is -0.387 e. The summed E-state index contributed by atoms with van der Waals surface area (Å²) in [7, 11) is 0. The topological polar surface area (TPSA) is 20.2 Å². The molecule has 0 amide bonds. The minimum atomic E-state index is -0.191. The number of rotatable bonds is 3. The first-order valence-corrected chi connectivity index (χ1v) is 5.78. The van der Waals surface area contributed by atoms with Crippen LogP contribution in [0.2, 0.25) is 0 Å². The van der Waals surface area contributed by atoms with Crippen LogP contribution in [0.5, 0.6) is 0 Å². The van der Waals surface area contributed by atoms with Crippen LogP contribution in [-0.2, 0) is 0 Å². The van der Waals surface area contributed by atoms with Gasteiger partial charge in [-0.05, 0) is 37.3 Å². The van der Waals surface area contributed by atoms with E-state index >= 15 is 0 Å². The van der Waals surface area contributed by atoms with E-state index in [9.17, 15) is 5.11 Å². The van der Waals surface area contributed by atoms with Gasteiger partial charge in [-0.2, -0.15) is 0 Å². The summed E-state index contributed by atoms with van der Waals surface area (Å²) in [5.41, 5.74) is 0. The van der Waals surface area contributed by atoms with Crippen molar-refractivity contribution in [3.8, 4) is 0 Å². The van der Waals surface area contributed by atoms with Gasteiger partial charge in [-0.15, -0.1) is 11.3 Å². The minimum absolute atomic E-state index is 0.191. The van der Waals surface area contributed by atoms with Crippen LogP contribution in [0, 0.1) is 18.8 Å². The summed E-state index contributed by atoms with van der Waals surface area (Å²) in [6.45, 7) is 4.29. The summed E-state index contributed by atoms with van der Waals surface area (Å²) in [5.74, 6) is 1.32. The highest BCUT2D eigenvalue weighted by Crippen LogP contribution is 2.50. The van der Waals surface area contributed by atoms with Gasteiger partial charge in [-0.25, -0.2) is 0 Å². The highest BCUT2D eigenvalue weighted by atomic mass is 32.1. The molecule has 1 aliphatic rings. The molecule has 3 atom stereocenters. The van der Waals surface area contributed by atoms with Gasteiger partial charge in [0, 0.05) is 9.75 Å². The van der Waals surface area contributed by atoms with E-state index < -0.39 is 0 Å². The average Bonchev–Trinajstić information content (AvgIpc) is 2.80. The molecule has 1 heterocycles. The summed E-state index contributed by atoms with van der Waals surface area (Å²) >= 11 is 1.73. The molecule has 0 bridgehead atoms. The lowest BCUT2D eigenvalue weighted by Crippen LogP contribution is -1.98. The van der Waals surface area contributed by atoms with Gasteiger partial charge in [0.15, 0.2) is 0 Å². The predicted octanol–water partition coefficient (Wildman–Crippen LogP) is 3.14. The van der Waals surface area contributed by atoms with Crippen molar-refractivity contribution in [3.63, 3.8) is 0 Å². The molecule has 1 aliphatic carbocycles. The van der Waals surface area contributed by atoms with E-state index in [1.54, 1.807) is 11.3 Å². The Balaban J connectivity index is 2.02. The summed E-state index contributed by atoms with van der Waals surface area (Å²) < 4.78 is 0. The Morgan fingerprint density at radius 2 is 2.38 bits per heavy atom. The molecular formula is C11H16OS. The third-order valence-corrected chi connectivity index (χ3v) is 4.03. The first kappa shape index (κ1) is 9.22. The molecule has 0 saturated heterocycles. The Labute approximate surface area is 83.4 Å². The van der Waals surface area contributed by atoms with E-state index in [2.05, 4.69) is 26.0 Å². The molecule has 1 N–H and O–H groups in total. The van der Waals surface area contributed by atoms with Crippen LogP contribution in [0.4, 0.5) is 0 Å². The van der Waals surface area contributed by atoms with Crippen LogP contribution in [0.1, 0.15) is 35.6 Å². The third-order valence-electron chi connectivity index (χ3n) is 2.96. The molecule has 1 aromatic heterocycles. The zero-order valence-electron chi connectivity index (χ0n) is 8.16. The first-order chi connectivity index (χ1) is 6.22. The molecule has 2 rings (SSSR count). The monoisotopic (exact) mass is 196 g/mol. The third kappa shape index (κ3) is 1.79. The lowest BCUT2D eigenvalue weighted by Gasteiger charge is -2.06. The maximum absolute atomic E-state index is 9.99. The molecule has 1 saturated carbocycles. The van der Waals surface area contributed by atoms with Crippen molar-refractivity contribution in [3.05, 3.63) is 21.9 Å². The Kier molecular flexibility index (Phi) is 2.43. The Morgan fingerprint density at radius 1 is 1.62 bits per heavy atom. The smallest absolute Gasteiger partial charge is 0.0912 e. The molecule has 72 valence electrons. The van der Waals surface area contributed by atoms with Gasteiger partial charge in [0.25, 0.3) is 0 Å². The molecule has 0 aromatic carbocycles. The molecule has 0 aliphatic heterocycles. The molecule has 0 spiro atoms. The number of thiophene rings is 1. The zero-order valence-corrected chi connectivity index (χ0v) is 8.97. The number of hydrogen-bond donors (Lipinski definition) is 1. The Morgan fingerprint density at radius 3 is 2.85 bits per heavy atom. The second-order valence-corrected chi connectivity index (χ2v) is 5.28. The fourth-order valence-corrected chi connectivity index (χ4v) is 2.89. The van der Waals surface area contributed by atoms with Gasteiger partial charge in [0.2, 0.25) is 0 Å². The summed E-state index contributed by atoms with van der Waals surface area (Å²) in [6, 6.07) is 4.16. The van der Waals surface area contributed by atoms with Crippen molar-refractivity contribution in [1.82, 2.24) is 0 Å². The van der Waals surface area contributed by atoms with E-state index in [1.165, 1.54) is 17.7 Å². The van der Waals surface area contributed by atoms with E-state index in [1.807, 2.05) is 0 Å². The highest BCUT2D eigenvalue weighted by Gasteiger charge is 2.41. The van der Waals surface area contributed by atoms with Crippen LogP contribution in [0.3, 0.4) is 0 Å². The van der Waals surface area contributed by atoms with Crippen molar-refractivity contribution in [2.45, 2.75) is 32.8 Å². The van der Waals surface area contributed by atoms with E-state index in [-0.39, 0.29) is 6.10 Å². The molecule has 3 unspecified atom stereocenters. The average molecular weight is 196 g/mol. The van der Waals surface area contributed by atoms with Crippen molar-refractivity contribution in [2.75, 3.05) is 0 Å². The number of aliphatic hydroxyl groups is 1. The van der Waals surface area contributed by atoms with Gasteiger partial charge >= 0.3 is 0 Å². The van der Waals surface area contributed by atoms with E-state index in [0.29, 0.717) is 5.92 Å². The van der Waals surface area contributed by atoms with E-state index in [0.717, 1.165) is 10.8 Å². The molecule has 13 heavy (non-hydrogen) atoms. The van der Waals surface area contributed by atoms with Crippen LogP contribution in [-0.4, -0.2) is 5.11 Å². The lowest BCUT2D eigenvalue weighted by atomic mass is 10.1. The number of aryl methyl sites for hydroxylation is 1.